The van der Waals surface area contributed by atoms with Crippen LogP contribution in [0.5, 0.6) is 0 Å². The Labute approximate surface area is 106 Å². The lowest BCUT2D eigenvalue weighted by Gasteiger charge is -2.25. The van der Waals surface area contributed by atoms with Crippen LogP contribution >= 0.6 is 0 Å². The molecule has 0 aliphatic carbocycles. The van der Waals surface area contributed by atoms with Crippen molar-refractivity contribution in [3.8, 4) is 0 Å². The zero-order valence-electron chi connectivity index (χ0n) is 12.1. The van der Waals surface area contributed by atoms with Crippen LogP contribution in [0.2, 0.25) is 0 Å². The summed E-state index contributed by atoms with van der Waals surface area (Å²) in [5.41, 5.74) is 0. The molecule has 0 spiro atoms. The van der Waals surface area contributed by atoms with Gasteiger partial charge in [-0.25, -0.2) is 0 Å². The molecule has 4 nitrogen and oxygen atoms in total. The Hall–Kier alpha value is -0.610. The largest absolute Gasteiger partial charge is 0.469 e. The van der Waals surface area contributed by atoms with E-state index in [1.165, 1.54) is 7.11 Å². The van der Waals surface area contributed by atoms with E-state index in [2.05, 4.69) is 38.2 Å². The summed E-state index contributed by atoms with van der Waals surface area (Å²) in [6.45, 7) is 7.99. The Morgan fingerprint density at radius 1 is 1.29 bits per heavy atom. The molecular formula is C13H28N2O2. The summed E-state index contributed by atoms with van der Waals surface area (Å²) >= 11 is 0. The second-order valence-corrected chi connectivity index (χ2v) is 5.42. The van der Waals surface area contributed by atoms with Crippen molar-refractivity contribution < 1.29 is 9.53 Å². The third-order valence-electron chi connectivity index (χ3n) is 2.66. The molecular weight excluding hydrogens is 216 g/mol. The molecule has 2 unspecified atom stereocenters. The van der Waals surface area contributed by atoms with Gasteiger partial charge in [-0.15, -0.1) is 0 Å². The van der Waals surface area contributed by atoms with Gasteiger partial charge in [-0.2, -0.15) is 0 Å². The van der Waals surface area contributed by atoms with Gasteiger partial charge in [-0.05, 0) is 26.4 Å². The fraction of sp³-hybridized carbons (Fsp3) is 0.923. The third kappa shape index (κ3) is 8.16. The van der Waals surface area contributed by atoms with Crippen LogP contribution in [0.1, 0.15) is 27.2 Å². The van der Waals surface area contributed by atoms with Crippen molar-refractivity contribution in [3.05, 3.63) is 0 Å². The van der Waals surface area contributed by atoms with Gasteiger partial charge in [0.05, 0.1) is 13.0 Å². The molecule has 17 heavy (non-hydrogen) atoms. The number of likely N-dealkylation sites (N-methyl/N-ethyl adjacent to an activating group) is 1. The average Bonchev–Trinajstić information content (AvgIpc) is 2.22. The summed E-state index contributed by atoms with van der Waals surface area (Å²) in [5.74, 6) is 0.420. The molecule has 0 radical (unpaired) electrons. The van der Waals surface area contributed by atoms with Crippen LogP contribution in [0, 0.1) is 11.8 Å². The van der Waals surface area contributed by atoms with Crippen LogP contribution in [0.15, 0.2) is 0 Å². The molecule has 0 aliphatic rings. The summed E-state index contributed by atoms with van der Waals surface area (Å²) in [6.07, 6.45) is 1.12. The highest BCUT2D eigenvalue weighted by molar-refractivity contribution is 5.72. The van der Waals surface area contributed by atoms with Gasteiger partial charge in [-0.3, -0.25) is 4.79 Å². The fourth-order valence-electron chi connectivity index (χ4n) is 1.86. The highest BCUT2D eigenvalue weighted by atomic mass is 16.5. The van der Waals surface area contributed by atoms with E-state index < -0.39 is 0 Å². The molecule has 0 aromatic carbocycles. The van der Waals surface area contributed by atoms with E-state index >= 15 is 0 Å². The molecule has 0 aliphatic heterocycles. The lowest BCUT2D eigenvalue weighted by Crippen LogP contribution is -2.42. The van der Waals surface area contributed by atoms with Gasteiger partial charge in [-0.1, -0.05) is 20.8 Å². The molecule has 0 heterocycles. The number of ether oxygens (including phenoxy) is 1. The molecule has 0 amide bonds. The van der Waals surface area contributed by atoms with Crippen LogP contribution in [-0.4, -0.2) is 51.2 Å². The summed E-state index contributed by atoms with van der Waals surface area (Å²) in [6, 6.07) is 0.428. The van der Waals surface area contributed by atoms with Crippen molar-refractivity contribution in [2.45, 2.75) is 33.2 Å². The molecule has 0 bridgehead atoms. The monoisotopic (exact) mass is 244 g/mol. The molecule has 0 fully saturated rings. The van der Waals surface area contributed by atoms with Gasteiger partial charge in [0, 0.05) is 19.1 Å². The van der Waals surface area contributed by atoms with Gasteiger partial charge in [0.1, 0.15) is 0 Å². The minimum absolute atomic E-state index is 0.0863. The lowest BCUT2D eigenvalue weighted by atomic mass is 10.0. The van der Waals surface area contributed by atoms with Crippen molar-refractivity contribution in [2.75, 3.05) is 34.3 Å². The van der Waals surface area contributed by atoms with E-state index in [4.69, 9.17) is 4.74 Å². The van der Waals surface area contributed by atoms with Gasteiger partial charge < -0.3 is 15.0 Å². The Bertz CT molecular complexity index is 207. The van der Waals surface area contributed by atoms with Crippen molar-refractivity contribution >= 4 is 5.97 Å². The highest BCUT2D eigenvalue weighted by Gasteiger charge is 2.17. The van der Waals surface area contributed by atoms with Gasteiger partial charge in [0.15, 0.2) is 0 Å². The summed E-state index contributed by atoms with van der Waals surface area (Å²) in [7, 11) is 5.57. The molecule has 0 rings (SSSR count). The van der Waals surface area contributed by atoms with E-state index in [1.807, 2.05) is 6.92 Å². The van der Waals surface area contributed by atoms with Gasteiger partial charge >= 0.3 is 5.97 Å². The first-order valence-electron chi connectivity index (χ1n) is 6.32. The number of nitrogens with zero attached hydrogens (tertiary/aromatic N) is 1. The number of hydrogen-bond donors (Lipinski definition) is 1. The Kier molecular flexibility index (Phi) is 8.17. The number of esters is 1. The maximum absolute atomic E-state index is 11.3. The quantitative estimate of drug-likeness (QED) is 0.655. The second kappa shape index (κ2) is 8.48. The first-order valence-corrected chi connectivity index (χ1v) is 6.32. The number of methoxy groups -OCH3 is 1. The Morgan fingerprint density at radius 3 is 2.29 bits per heavy atom. The molecule has 4 heteroatoms. The number of nitrogens with one attached hydrogen (secondary N) is 1. The molecule has 1 N–H and O–H groups in total. The first-order chi connectivity index (χ1) is 7.86. The number of rotatable bonds is 8. The number of carbonyl (C=O) groups is 1. The predicted octanol–water partition coefficient (Wildman–Crippen LogP) is 1.36. The molecule has 0 aromatic heterocycles. The van der Waals surface area contributed by atoms with E-state index in [9.17, 15) is 4.79 Å². The molecule has 0 saturated heterocycles. The zero-order valence-corrected chi connectivity index (χ0v) is 12.1. The van der Waals surface area contributed by atoms with Crippen molar-refractivity contribution in [2.24, 2.45) is 11.8 Å². The smallest absolute Gasteiger partial charge is 0.309 e. The molecule has 102 valence electrons. The van der Waals surface area contributed by atoms with Crippen molar-refractivity contribution in [1.29, 1.82) is 0 Å². The third-order valence-corrected chi connectivity index (χ3v) is 2.66. The first kappa shape index (κ1) is 16.4. The topological polar surface area (TPSA) is 41.6 Å². The van der Waals surface area contributed by atoms with Gasteiger partial charge in [0.25, 0.3) is 0 Å². The van der Waals surface area contributed by atoms with E-state index in [0.29, 0.717) is 18.5 Å². The highest BCUT2D eigenvalue weighted by Crippen LogP contribution is 2.06. The average molecular weight is 244 g/mol. The minimum Gasteiger partial charge on any atom is -0.469 e. The van der Waals surface area contributed by atoms with Crippen LogP contribution < -0.4 is 5.32 Å². The van der Waals surface area contributed by atoms with E-state index in [-0.39, 0.29) is 11.9 Å². The number of carbonyl (C=O) groups excluding carboxylic acids is 1. The number of hydrogen-bond acceptors (Lipinski definition) is 4. The fourth-order valence-corrected chi connectivity index (χ4v) is 1.86. The standard InChI is InChI=1S/C13H28N2O2/c1-10(2)7-12(9-15(4)5)14-8-11(3)13(16)17-6/h10-12,14H,7-9H2,1-6H3. The SMILES string of the molecule is COC(=O)C(C)CNC(CC(C)C)CN(C)C. The maximum Gasteiger partial charge on any atom is 0.309 e. The van der Waals surface area contributed by atoms with Crippen LogP contribution in [0.4, 0.5) is 0 Å². The lowest BCUT2D eigenvalue weighted by molar-refractivity contribution is -0.144. The molecule has 0 aromatic rings. The maximum atomic E-state index is 11.3. The Morgan fingerprint density at radius 2 is 1.88 bits per heavy atom. The summed E-state index contributed by atoms with van der Waals surface area (Å²) in [4.78, 5) is 13.5. The minimum atomic E-state index is -0.148. The van der Waals surface area contributed by atoms with Gasteiger partial charge in [0.2, 0.25) is 0 Å². The predicted molar refractivity (Wildman–Crippen MR) is 71.0 cm³/mol. The van der Waals surface area contributed by atoms with Crippen LogP contribution in [0.3, 0.4) is 0 Å². The summed E-state index contributed by atoms with van der Waals surface area (Å²) < 4.78 is 4.72. The van der Waals surface area contributed by atoms with Crippen molar-refractivity contribution in [1.82, 2.24) is 10.2 Å². The summed E-state index contributed by atoms with van der Waals surface area (Å²) in [5, 5.41) is 3.45. The van der Waals surface area contributed by atoms with E-state index in [1.54, 1.807) is 0 Å². The zero-order chi connectivity index (χ0) is 13.4. The van der Waals surface area contributed by atoms with Crippen LogP contribution in [0.25, 0.3) is 0 Å². The molecule has 2 atom stereocenters. The van der Waals surface area contributed by atoms with Crippen molar-refractivity contribution in [3.63, 3.8) is 0 Å². The van der Waals surface area contributed by atoms with E-state index in [0.717, 1.165) is 13.0 Å². The van der Waals surface area contributed by atoms with Crippen LogP contribution in [-0.2, 0) is 9.53 Å². The normalized spacial score (nSPS) is 15.1. The molecule has 0 saturated carbocycles. The second-order valence-electron chi connectivity index (χ2n) is 5.42. The Balaban J connectivity index is 4.10.